The summed E-state index contributed by atoms with van der Waals surface area (Å²) < 4.78 is 10.7. The van der Waals surface area contributed by atoms with Crippen LogP contribution in [0.4, 0.5) is 11.4 Å². The number of anilines is 2. The van der Waals surface area contributed by atoms with Gasteiger partial charge in [-0.15, -0.1) is 0 Å². The fourth-order valence-electron chi connectivity index (χ4n) is 2.35. The number of hydrogen-bond donors (Lipinski definition) is 2. The molecule has 114 valence electrons. The molecule has 1 aliphatic heterocycles. The number of ether oxygens (including phenoxy) is 2. The molecule has 0 unspecified atom stereocenters. The SMILES string of the molecule is CC(=O)Nc1ccc(C)cc1NCc1ccc2c(c1)OCO2. The van der Waals surface area contributed by atoms with E-state index in [0.717, 1.165) is 34.0 Å². The van der Waals surface area contributed by atoms with E-state index in [-0.39, 0.29) is 12.7 Å². The van der Waals surface area contributed by atoms with E-state index in [9.17, 15) is 4.79 Å². The minimum absolute atomic E-state index is 0.0880. The highest BCUT2D eigenvalue weighted by Crippen LogP contribution is 2.33. The van der Waals surface area contributed by atoms with Crippen molar-refractivity contribution >= 4 is 17.3 Å². The summed E-state index contributed by atoms with van der Waals surface area (Å²) in [5, 5.41) is 6.19. The number of nitrogens with one attached hydrogen (secondary N) is 2. The lowest BCUT2D eigenvalue weighted by atomic mass is 10.1. The zero-order chi connectivity index (χ0) is 15.5. The summed E-state index contributed by atoms with van der Waals surface area (Å²) in [6.07, 6.45) is 0. The number of carbonyl (C=O) groups excluding carboxylic acids is 1. The summed E-state index contributed by atoms with van der Waals surface area (Å²) in [5.41, 5.74) is 3.88. The van der Waals surface area contributed by atoms with Crippen LogP contribution in [0.5, 0.6) is 11.5 Å². The standard InChI is InChI=1S/C17H18N2O3/c1-11-3-5-14(19-12(2)20)15(7-11)18-9-13-4-6-16-17(8-13)22-10-21-16/h3-8,18H,9-10H2,1-2H3,(H,19,20). The number of fused-ring (bicyclic) bond motifs is 1. The van der Waals surface area contributed by atoms with Gasteiger partial charge in [0.1, 0.15) is 0 Å². The van der Waals surface area contributed by atoms with Gasteiger partial charge in [-0.05, 0) is 42.3 Å². The van der Waals surface area contributed by atoms with Gasteiger partial charge in [-0.3, -0.25) is 4.79 Å². The Morgan fingerprint density at radius 3 is 2.73 bits per heavy atom. The molecule has 1 amide bonds. The summed E-state index contributed by atoms with van der Waals surface area (Å²) in [6.45, 7) is 4.42. The van der Waals surface area contributed by atoms with Crippen LogP contribution in [-0.2, 0) is 11.3 Å². The Balaban J connectivity index is 1.75. The molecule has 22 heavy (non-hydrogen) atoms. The van der Waals surface area contributed by atoms with E-state index < -0.39 is 0 Å². The van der Waals surface area contributed by atoms with Crippen molar-refractivity contribution in [1.82, 2.24) is 0 Å². The highest BCUT2D eigenvalue weighted by Gasteiger charge is 2.13. The zero-order valence-electron chi connectivity index (χ0n) is 12.6. The molecule has 0 spiro atoms. The highest BCUT2D eigenvalue weighted by molar-refractivity contribution is 5.92. The minimum Gasteiger partial charge on any atom is -0.454 e. The van der Waals surface area contributed by atoms with E-state index in [2.05, 4.69) is 10.6 Å². The van der Waals surface area contributed by atoms with Gasteiger partial charge in [-0.25, -0.2) is 0 Å². The van der Waals surface area contributed by atoms with Crippen molar-refractivity contribution in [3.63, 3.8) is 0 Å². The third-order valence-electron chi connectivity index (χ3n) is 3.41. The molecule has 2 aromatic carbocycles. The highest BCUT2D eigenvalue weighted by atomic mass is 16.7. The van der Waals surface area contributed by atoms with Crippen LogP contribution in [0.3, 0.4) is 0 Å². The molecule has 5 heteroatoms. The fourth-order valence-corrected chi connectivity index (χ4v) is 2.35. The maximum absolute atomic E-state index is 11.3. The topological polar surface area (TPSA) is 59.6 Å². The normalized spacial score (nSPS) is 12.1. The van der Waals surface area contributed by atoms with Gasteiger partial charge in [0.05, 0.1) is 11.4 Å². The third kappa shape index (κ3) is 3.14. The van der Waals surface area contributed by atoms with Crippen LogP contribution in [-0.4, -0.2) is 12.7 Å². The number of hydrogen-bond acceptors (Lipinski definition) is 4. The Labute approximate surface area is 129 Å². The van der Waals surface area contributed by atoms with Crippen LogP contribution >= 0.6 is 0 Å². The summed E-state index contributed by atoms with van der Waals surface area (Å²) in [6, 6.07) is 11.7. The van der Waals surface area contributed by atoms with Gasteiger partial charge < -0.3 is 20.1 Å². The van der Waals surface area contributed by atoms with Crippen LogP contribution in [0, 0.1) is 6.92 Å². The average molecular weight is 298 g/mol. The molecule has 1 aliphatic rings. The maximum Gasteiger partial charge on any atom is 0.231 e. The van der Waals surface area contributed by atoms with Crippen molar-refractivity contribution in [2.24, 2.45) is 0 Å². The zero-order valence-corrected chi connectivity index (χ0v) is 12.6. The predicted molar refractivity (Wildman–Crippen MR) is 85.4 cm³/mol. The van der Waals surface area contributed by atoms with E-state index in [4.69, 9.17) is 9.47 Å². The first-order valence-corrected chi connectivity index (χ1v) is 7.12. The quantitative estimate of drug-likeness (QED) is 0.909. The monoisotopic (exact) mass is 298 g/mol. The van der Waals surface area contributed by atoms with Gasteiger partial charge in [0.2, 0.25) is 12.7 Å². The number of rotatable bonds is 4. The first kappa shape index (κ1) is 14.3. The number of amides is 1. The predicted octanol–water partition coefficient (Wildman–Crippen LogP) is 3.29. The molecule has 0 atom stereocenters. The van der Waals surface area contributed by atoms with Gasteiger partial charge in [-0.1, -0.05) is 12.1 Å². The lowest BCUT2D eigenvalue weighted by Gasteiger charge is -2.13. The Kier molecular flexibility index (Phi) is 3.87. The Bertz CT molecular complexity index is 713. The Morgan fingerprint density at radius 1 is 1.09 bits per heavy atom. The molecule has 2 aromatic rings. The van der Waals surface area contributed by atoms with E-state index in [0.29, 0.717) is 6.54 Å². The maximum atomic E-state index is 11.3. The second-order valence-corrected chi connectivity index (χ2v) is 5.27. The van der Waals surface area contributed by atoms with Crippen molar-refractivity contribution in [2.75, 3.05) is 17.4 Å². The number of carbonyl (C=O) groups is 1. The average Bonchev–Trinajstić information content (AvgIpc) is 2.94. The van der Waals surface area contributed by atoms with Crippen molar-refractivity contribution in [1.29, 1.82) is 0 Å². The third-order valence-corrected chi connectivity index (χ3v) is 3.41. The van der Waals surface area contributed by atoms with E-state index in [1.807, 2.05) is 43.3 Å². The smallest absolute Gasteiger partial charge is 0.231 e. The summed E-state index contributed by atoms with van der Waals surface area (Å²) in [7, 11) is 0. The van der Waals surface area contributed by atoms with Gasteiger partial charge >= 0.3 is 0 Å². The van der Waals surface area contributed by atoms with Crippen molar-refractivity contribution in [3.05, 3.63) is 47.5 Å². The molecular weight excluding hydrogens is 280 g/mol. The molecule has 3 rings (SSSR count). The number of benzene rings is 2. The minimum atomic E-state index is -0.0880. The molecule has 5 nitrogen and oxygen atoms in total. The molecule has 0 aromatic heterocycles. The molecule has 0 saturated carbocycles. The van der Waals surface area contributed by atoms with E-state index in [1.165, 1.54) is 6.92 Å². The molecular formula is C17H18N2O3. The fraction of sp³-hybridized carbons (Fsp3) is 0.235. The van der Waals surface area contributed by atoms with Crippen molar-refractivity contribution < 1.29 is 14.3 Å². The molecule has 0 bridgehead atoms. The molecule has 0 saturated heterocycles. The van der Waals surface area contributed by atoms with Crippen LogP contribution in [0.2, 0.25) is 0 Å². The summed E-state index contributed by atoms with van der Waals surface area (Å²) in [4.78, 5) is 11.3. The van der Waals surface area contributed by atoms with Gasteiger partial charge in [0.25, 0.3) is 0 Å². The second-order valence-electron chi connectivity index (χ2n) is 5.27. The molecule has 0 aliphatic carbocycles. The lowest BCUT2D eigenvalue weighted by molar-refractivity contribution is -0.114. The van der Waals surface area contributed by atoms with Crippen molar-refractivity contribution in [2.45, 2.75) is 20.4 Å². The summed E-state index contributed by atoms with van der Waals surface area (Å²) >= 11 is 0. The largest absolute Gasteiger partial charge is 0.454 e. The first-order valence-electron chi connectivity index (χ1n) is 7.12. The molecule has 2 N–H and O–H groups in total. The molecule has 1 heterocycles. The van der Waals surface area contributed by atoms with E-state index >= 15 is 0 Å². The van der Waals surface area contributed by atoms with Crippen LogP contribution in [0.15, 0.2) is 36.4 Å². The van der Waals surface area contributed by atoms with Gasteiger partial charge in [0.15, 0.2) is 11.5 Å². The number of aryl methyl sites for hydroxylation is 1. The van der Waals surface area contributed by atoms with Gasteiger partial charge in [0, 0.05) is 13.5 Å². The Hall–Kier alpha value is -2.69. The lowest BCUT2D eigenvalue weighted by Crippen LogP contribution is -2.09. The van der Waals surface area contributed by atoms with Crippen LogP contribution in [0.25, 0.3) is 0 Å². The molecule has 0 fully saturated rings. The first-order chi connectivity index (χ1) is 10.6. The van der Waals surface area contributed by atoms with Gasteiger partial charge in [-0.2, -0.15) is 0 Å². The van der Waals surface area contributed by atoms with Crippen LogP contribution in [0.1, 0.15) is 18.1 Å². The van der Waals surface area contributed by atoms with E-state index in [1.54, 1.807) is 0 Å². The summed E-state index contributed by atoms with van der Waals surface area (Å²) in [5.74, 6) is 1.46. The molecule has 0 radical (unpaired) electrons. The van der Waals surface area contributed by atoms with Crippen molar-refractivity contribution in [3.8, 4) is 11.5 Å². The van der Waals surface area contributed by atoms with Crippen LogP contribution < -0.4 is 20.1 Å². The Morgan fingerprint density at radius 2 is 1.91 bits per heavy atom. The second kappa shape index (κ2) is 5.97.